The third kappa shape index (κ3) is 15.2. The average molecular weight is 448 g/mol. The number of unbranched alkanes of at least 4 members (excludes halogenated alkanes) is 6. The van der Waals surface area contributed by atoms with Gasteiger partial charge in [-0.3, -0.25) is 4.55 Å². The number of rotatable bonds is 15. The molecule has 0 aliphatic carbocycles. The minimum Gasteiger partial charge on any atom is -0.325 e. The van der Waals surface area contributed by atoms with Crippen LogP contribution in [-0.2, 0) is 10.1 Å². The van der Waals surface area contributed by atoms with Gasteiger partial charge >= 0.3 is 15.6 Å². The van der Waals surface area contributed by atoms with E-state index in [9.17, 15) is 13.2 Å². The lowest BCUT2D eigenvalue weighted by molar-refractivity contribution is -0.0510. The molecule has 0 rings (SSSR count). The highest BCUT2D eigenvalue weighted by Gasteiger charge is 2.44. The first-order valence-electron chi connectivity index (χ1n) is 11.2. The molecule has 0 heterocycles. The Kier molecular flexibility index (Phi) is 17.4. The molecule has 0 bridgehead atoms. The molecule has 0 saturated heterocycles. The highest BCUT2D eigenvalue weighted by atomic mass is 32.2. The van der Waals surface area contributed by atoms with Crippen LogP contribution in [0.25, 0.3) is 0 Å². The molecule has 8 heteroatoms. The summed E-state index contributed by atoms with van der Waals surface area (Å²) in [6, 6.07) is 0. The van der Waals surface area contributed by atoms with E-state index in [4.69, 9.17) is 18.7 Å². The van der Waals surface area contributed by atoms with E-state index in [2.05, 4.69) is 27.7 Å². The maximum atomic E-state index is 10.7. The quantitative estimate of drug-likeness (QED) is 0.158. The smallest absolute Gasteiger partial charge is 0.325 e. The van der Waals surface area contributed by atoms with Crippen LogP contribution in [0.5, 0.6) is 0 Å². The number of alkyl halides is 3. The van der Waals surface area contributed by atoms with Gasteiger partial charge in [-0.05, 0) is 31.6 Å². The number of nitrogens with two attached hydrogens (primary N) is 1. The summed E-state index contributed by atoms with van der Waals surface area (Å²) in [4.78, 5) is 0. The molecule has 4 nitrogen and oxygen atoms in total. The van der Waals surface area contributed by atoms with Crippen LogP contribution in [0.15, 0.2) is 0 Å². The topological polar surface area (TPSA) is 80.4 Å². The van der Waals surface area contributed by atoms with Crippen molar-refractivity contribution >= 4 is 10.1 Å². The van der Waals surface area contributed by atoms with Crippen LogP contribution >= 0.6 is 0 Å². The lowest BCUT2D eigenvalue weighted by Gasteiger charge is -2.38. The van der Waals surface area contributed by atoms with Crippen molar-refractivity contribution in [1.29, 1.82) is 0 Å². The van der Waals surface area contributed by atoms with Crippen LogP contribution in [0.4, 0.5) is 13.2 Å². The molecule has 1 atom stereocenters. The Labute approximate surface area is 177 Å². The van der Waals surface area contributed by atoms with E-state index >= 15 is 0 Å². The van der Waals surface area contributed by atoms with Gasteiger partial charge in [-0.25, -0.2) is 0 Å². The molecule has 178 valence electrons. The van der Waals surface area contributed by atoms with Crippen LogP contribution < -0.4 is 5.73 Å². The van der Waals surface area contributed by atoms with E-state index in [-0.39, 0.29) is 5.54 Å². The Morgan fingerprint density at radius 2 is 1.14 bits per heavy atom. The zero-order valence-corrected chi connectivity index (χ0v) is 19.7. The standard InChI is InChI=1S/C20H43N.CHF3O3S/c1-5-9-13-14-16-19(15-10-6-2)20(21,17-11-7-3)18-12-8-4;2-1(3,4)8(5,6)7/h19H,5-18,21H2,1-4H3;(H,5,6,7). The van der Waals surface area contributed by atoms with E-state index in [1.54, 1.807) is 0 Å². The summed E-state index contributed by atoms with van der Waals surface area (Å²) >= 11 is 0. The maximum absolute atomic E-state index is 10.7. The Balaban J connectivity index is 0. The largest absolute Gasteiger partial charge is 0.522 e. The number of hydrogen-bond acceptors (Lipinski definition) is 3. The number of hydrogen-bond donors (Lipinski definition) is 2. The highest BCUT2D eigenvalue weighted by molar-refractivity contribution is 7.86. The Morgan fingerprint density at radius 1 is 0.759 bits per heavy atom. The van der Waals surface area contributed by atoms with E-state index in [1.807, 2.05) is 0 Å². The molecule has 0 aliphatic rings. The summed E-state index contributed by atoms with van der Waals surface area (Å²) in [5.74, 6) is 0.757. The van der Waals surface area contributed by atoms with Gasteiger partial charge in [0.25, 0.3) is 0 Å². The van der Waals surface area contributed by atoms with Gasteiger partial charge in [0.1, 0.15) is 0 Å². The molecule has 0 amide bonds. The molecule has 0 aliphatic heterocycles. The third-order valence-electron chi connectivity index (χ3n) is 5.41. The molecule has 0 aromatic carbocycles. The van der Waals surface area contributed by atoms with Crippen LogP contribution in [0.3, 0.4) is 0 Å². The molecule has 0 spiro atoms. The Hall–Kier alpha value is -0.340. The van der Waals surface area contributed by atoms with Crippen molar-refractivity contribution < 1.29 is 26.1 Å². The molecule has 0 aromatic rings. The average Bonchev–Trinajstić information content (AvgIpc) is 2.63. The minimum atomic E-state index is -5.84. The molecule has 3 N–H and O–H groups in total. The second-order valence-electron chi connectivity index (χ2n) is 8.05. The van der Waals surface area contributed by atoms with E-state index < -0.39 is 15.6 Å². The Morgan fingerprint density at radius 3 is 1.48 bits per heavy atom. The van der Waals surface area contributed by atoms with Gasteiger partial charge in [0.05, 0.1) is 0 Å². The van der Waals surface area contributed by atoms with Gasteiger partial charge in [-0.1, -0.05) is 91.9 Å². The lowest BCUT2D eigenvalue weighted by atomic mass is 9.72. The van der Waals surface area contributed by atoms with Crippen molar-refractivity contribution in [3.8, 4) is 0 Å². The van der Waals surface area contributed by atoms with Crippen LogP contribution in [0.2, 0.25) is 0 Å². The van der Waals surface area contributed by atoms with Crippen molar-refractivity contribution in [3.63, 3.8) is 0 Å². The molecular formula is C21H44F3NO3S. The Bertz CT molecular complexity index is 474. The fourth-order valence-electron chi connectivity index (χ4n) is 3.53. The lowest BCUT2D eigenvalue weighted by Crippen LogP contribution is -2.47. The first kappa shape index (κ1) is 30.9. The zero-order chi connectivity index (χ0) is 23.0. The zero-order valence-electron chi connectivity index (χ0n) is 18.9. The molecular weight excluding hydrogens is 403 g/mol. The summed E-state index contributed by atoms with van der Waals surface area (Å²) in [5.41, 5.74) is 1.55. The van der Waals surface area contributed by atoms with Gasteiger partial charge in [0, 0.05) is 5.54 Å². The summed E-state index contributed by atoms with van der Waals surface area (Å²) in [5, 5.41) is 0. The van der Waals surface area contributed by atoms with Crippen molar-refractivity contribution in [2.24, 2.45) is 11.7 Å². The first-order chi connectivity index (χ1) is 13.4. The molecule has 1 unspecified atom stereocenters. The van der Waals surface area contributed by atoms with Gasteiger partial charge in [0.2, 0.25) is 0 Å². The second-order valence-corrected chi connectivity index (χ2v) is 9.46. The molecule has 29 heavy (non-hydrogen) atoms. The van der Waals surface area contributed by atoms with Crippen LogP contribution in [0.1, 0.15) is 118 Å². The maximum Gasteiger partial charge on any atom is 0.522 e. The van der Waals surface area contributed by atoms with Crippen LogP contribution in [-0.4, -0.2) is 24.0 Å². The molecule has 0 radical (unpaired) electrons. The second kappa shape index (κ2) is 16.4. The van der Waals surface area contributed by atoms with Crippen LogP contribution in [0, 0.1) is 5.92 Å². The summed E-state index contributed by atoms with van der Waals surface area (Å²) in [6.07, 6.45) is 18.5. The minimum absolute atomic E-state index is 0.118. The van der Waals surface area contributed by atoms with Gasteiger partial charge in [-0.15, -0.1) is 0 Å². The SMILES string of the molecule is CCCCCCC(CCCC)C(N)(CCCC)CCCC.O=S(=O)(O)C(F)(F)F. The van der Waals surface area contributed by atoms with Gasteiger partial charge in [-0.2, -0.15) is 21.6 Å². The van der Waals surface area contributed by atoms with Crippen molar-refractivity contribution in [3.05, 3.63) is 0 Å². The molecule has 0 fully saturated rings. The van der Waals surface area contributed by atoms with E-state index in [0.29, 0.717) is 0 Å². The molecule has 0 aromatic heterocycles. The van der Waals surface area contributed by atoms with E-state index in [0.717, 1.165) is 5.92 Å². The summed E-state index contributed by atoms with van der Waals surface area (Å²) in [7, 11) is -5.84. The molecule has 0 saturated carbocycles. The number of halogens is 3. The fourth-order valence-corrected chi connectivity index (χ4v) is 3.53. The van der Waals surface area contributed by atoms with Gasteiger partial charge < -0.3 is 5.73 Å². The third-order valence-corrected chi connectivity index (χ3v) is 5.99. The monoisotopic (exact) mass is 447 g/mol. The van der Waals surface area contributed by atoms with Crippen molar-refractivity contribution in [1.82, 2.24) is 0 Å². The van der Waals surface area contributed by atoms with Crippen molar-refractivity contribution in [2.45, 2.75) is 129 Å². The first-order valence-corrected chi connectivity index (χ1v) is 12.7. The normalized spacial score (nSPS) is 13.7. The van der Waals surface area contributed by atoms with Gasteiger partial charge in [0.15, 0.2) is 0 Å². The fraction of sp³-hybridized carbons (Fsp3) is 1.00. The van der Waals surface area contributed by atoms with E-state index in [1.165, 1.54) is 89.9 Å². The predicted molar refractivity (Wildman–Crippen MR) is 115 cm³/mol. The summed E-state index contributed by atoms with van der Waals surface area (Å²) < 4.78 is 57.5. The predicted octanol–water partition coefficient (Wildman–Crippen LogP) is 7.24. The summed E-state index contributed by atoms with van der Waals surface area (Å²) in [6.45, 7) is 9.19. The highest BCUT2D eigenvalue weighted by Crippen LogP contribution is 2.34. The van der Waals surface area contributed by atoms with Crippen molar-refractivity contribution in [2.75, 3.05) is 0 Å².